The summed E-state index contributed by atoms with van der Waals surface area (Å²) in [5.74, 6) is -0.0521. The second kappa shape index (κ2) is 7.74. The van der Waals surface area contributed by atoms with Gasteiger partial charge in [-0.25, -0.2) is 9.18 Å². The fourth-order valence-corrected chi connectivity index (χ4v) is 2.44. The van der Waals surface area contributed by atoms with Crippen LogP contribution in [-0.2, 0) is 9.53 Å². The molecule has 0 saturated heterocycles. The zero-order valence-electron chi connectivity index (χ0n) is 13.4. The van der Waals surface area contributed by atoms with Crippen LogP contribution in [0.4, 0.5) is 4.39 Å². The third-order valence-corrected chi connectivity index (χ3v) is 3.66. The number of hydrogen-bond acceptors (Lipinski definition) is 4. The maximum Gasteiger partial charge on any atom is 0.327 e. The molecular weight excluding hydrogens is 297 g/mol. The Kier molecular flexibility index (Phi) is 5.71. The molecule has 23 heavy (non-hydrogen) atoms. The molecule has 0 aromatic heterocycles. The molecule has 2 atom stereocenters. The first-order chi connectivity index (χ1) is 11.1. The molecule has 0 aliphatic rings. The summed E-state index contributed by atoms with van der Waals surface area (Å²) in [7, 11) is 2.93. The minimum atomic E-state index is -0.694. The molecule has 0 saturated carbocycles. The Labute approximate surface area is 135 Å². The highest BCUT2D eigenvalue weighted by molar-refractivity contribution is 5.77. The highest BCUT2D eigenvalue weighted by Crippen LogP contribution is 2.27. The second-order valence-corrected chi connectivity index (χ2v) is 5.14. The zero-order valence-corrected chi connectivity index (χ0v) is 13.4. The first-order valence-electron chi connectivity index (χ1n) is 7.29. The van der Waals surface area contributed by atoms with Crippen LogP contribution in [0.5, 0.6) is 5.75 Å². The zero-order chi connectivity index (χ0) is 16.8. The SMILES string of the molecule is COC(=O)[C@H](N[C@H](C)c1ccccc1OC)c1ccc(F)cc1. The van der Waals surface area contributed by atoms with Crippen LogP contribution in [0.3, 0.4) is 0 Å². The van der Waals surface area contributed by atoms with Crippen LogP contribution >= 0.6 is 0 Å². The standard InChI is InChI=1S/C18H20FNO3/c1-12(15-6-4-5-7-16(15)22-2)20-17(18(21)23-3)13-8-10-14(19)11-9-13/h4-12,17,20H,1-3H3/t12-,17-/m1/s1. The smallest absolute Gasteiger partial charge is 0.327 e. The normalized spacial score (nSPS) is 13.2. The number of nitrogens with one attached hydrogen (secondary N) is 1. The molecule has 0 aliphatic carbocycles. The molecule has 0 heterocycles. The molecule has 0 radical (unpaired) electrons. The number of methoxy groups -OCH3 is 2. The lowest BCUT2D eigenvalue weighted by Gasteiger charge is -2.23. The van der Waals surface area contributed by atoms with Gasteiger partial charge in [0, 0.05) is 11.6 Å². The fraction of sp³-hybridized carbons (Fsp3) is 0.278. The summed E-state index contributed by atoms with van der Waals surface area (Å²) in [6.45, 7) is 1.93. The van der Waals surface area contributed by atoms with Crippen LogP contribution in [0.25, 0.3) is 0 Å². The van der Waals surface area contributed by atoms with Crippen LogP contribution in [0.15, 0.2) is 48.5 Å². The summed E-state index contributed by atoms with van der Waals surface area (Å²) < 4.78 is 23.3. The van der Waals surface area contributed by atoms with Gasteiger partial charge in [0.05, 0.1) is 14.2 Å². The number of halogens is 1. The van der Waals surface area contributed by atoms with Gasteiger partial charge in [-0.15, -0.1) is 0 Å². The van der Waals surface area contributed by atoms with Crippen LogP contribution in [0.1, 0.15) is 30.1 Å². The molecule has 0 spiro atoms. The minimum absolute atomic E-state index is 0.166. The maximum atomic E-state index is 13.1. The van der Waals surface area contributed by atoms with E-state index in [9.17, 15) is 9.18 Å². The molecule has 2 aromatic carbocycles. The van der Waals surface area contributed by atoms with Gasteiger partial charge in [0.15, 0.2) is 0 Å². The van der Waals surface area contributed by atoms with Gasteiger partial charge in [0.2, 0.25) is 0 Å². The third-order valence-electron chi connectivity index (χ3n) is 3.66. The monoisotopic (exact) mass is 317 g/mol. The lowest BCUT2D eigenvalue weighted by molar-refractivity contribution is -0.143. The van der Waals surface area contributed by atoms with Crippen molar-refractivity contribution in [2.24, 2.45) is 0 Å². The first-order valence-corrected chi connectivity index (χ1v) is 7.29. The molecular formula is C18H20FNO3. The largest absolute Gasteiger partial charge is 0.496 e. The third kappa shape index (κ3) is 4.07. The predicted octanol–water partition coefficient (Wildman–Crippen LogP) is 3.40. The summed E-state index contributed by atoms with van der Waals surface area (Å²) in [5.41, 5.74) is 1.56. The van der Waals surface area contributed by atoms with Gasteiger partial charge in [-0.3, -0.25) is 5.32 Å². The average molecular weight is 317 g/mol. The van der Waals surface area contributed by atoms with E-state index in [4.69, 9.17) is 9.47 Å². The molecule has 5 heteroatoms. The van der Waals surface area contributed by atoms with E-state index < -0.39 is 12.0 Å². The highest BCUT2D eigenvalue weighted by atomic mass is 19.1. The lowest BCUT2D eigenvalue weighted by Crippen LogP contribution is -2.32. The van der Waals surface area contributed by atoms with Crippen molar-refractivity contribution in [3.8, 4) is 5.75 Å². The van der Waals surface area contributed by atoms with Crippen molar-refractivity contribution in [3.05, 3.63) is 65.5 Å². The van der Waals surface area contributed by atoms with Crippen molar-refractivity contribution in [1.82, 2.24) is 5.32 Å². The summed E-state index contributed by atoms with van der Waals surface area (Å²) in [6.07, 6.45) is 0. The number of carbonyl (C=O) groups is 1. The van der Waals surface area contributed by atoms with Gasteiger partial charge in [-0.2, -0.15) is 0 Å². The number of hydrogen-bond donors (Lipinski definition) is 1. The topological polar surface area (TPSA) is 47.6 Å². The minimum Gasteiger partial charge on any atom is -0.496 e. The molecule has 2 rings (SSSR count). The number of para-hydroxylation sites is 1. The van der Waals surface area contributed by atoms with Crippen LogP contribution in [0.2, 0.25) is 0 Å². The Morgan fingerprint density at radius 2 is 1.74 bits per heavy atom. The Hall–Kier alpha value is -2.40. The van der Waals surface area contributed by atoms with Gasteiger partial charge in [0.25, 0.3) is 0 Å². The molecule has 2 aromatic rings. The second-order valence-electron chi connectivity index (χ2n) is 5.14. The Balaban J connectivity index is 2.27. The quantitative estimate of drug-likeness (QED) is 0.830. The number of ether oxygens (including phenoxy) is 2. The van der Waals surface area contributed by atoms with Crippen molar-refractivity contribution in [1.29, 1.82) is 0 Å². The molecule has 0 fully saturated rings. The van der Waals surface area contributed by atoms with E-state index in [1.807, 2.05) is 31.2 Å². The number of rotatable bonds is 6. The van der Waals surface area contributed by atoms with Crippen LogP contribution < -0.4 is 10.1 Å². The van der Waals surface area contributed by atoms with E-state index in [2.05, 4.69) is 5.32 Å². The summed E-state index contributed by atoms with van der Waals surface area (Å²) in [5, 5.41) is 3.22. The Morgan fingerprint density at radius 1 is 1.09 bits per heavy atom. The van der Waals surface area contributed by atoms with Crippen molar-refractivity contribution in [3.63, 3.8) is 0 Å². The molecule has 1 N–H and O–H groups in total. The van der Waals surface area contributed by atoms with Crippen molar-refractivity contribution in [2.45, 2.75) is 19.0 Å². The lowest BCUT2D eigenvalue weighted by atomic mass is 10.0. The number of benzene rings is 2. The van der Waals surface area contributed by atoms with Crippen molar-refractivity contribution >= 4 is 5.97 Å². The number of carbonyl (C=O) groups excluding carboxylic acids is 1. The first kappa shape index (κ1) is 17.0. The molecule has 0 amide bonds. The van der Waals surface area contributed by atoms with E-state index >= 15 is 0 Å². The van der Waals surface area contributed by atoms with E-state index in [1.165, 1.54) is 19.2 Å². The molecule has 0 aliphatic heterocycles. The molecule has 122 valence electrons. The van der Waals surface area contributed by atoms with Crippen LogP contribution in [0, 0.1) is 5.82 Å². The molecule has 0 unspecified atom stereocenters. The van der Waals surface area contributed by atoms with E-state index in [0.29, 0.717) is 5.56 Å². The fourth-order valence-electron chi connectivity index (χ4n) is 2.44. The highest BCUT2D eigenvalue weighted by Gasteiger charge is 2.24. The van der Waals surface area contributed by atoms with Gasteiger partial charge in [0.1, 0.15) is 17.6 Å². The van der Waals surface area contributed by atoms with Crippen LogP contribution in [-0.4, -0.2) is 20.2 Å². The van der Waals surface area contributed by atoms with Gasteiger partial charge >= 0.3 is 5.97 Å². The van der Waals surface area contributed by atoms with Gasteiger partial charge in [-0.1, -0.05) is 30.3 Å². The van der Waals surface area contributed by atoms with E-state index in [-0.39, 0.29) is 11.9 Å². The van der Waals surface area contributed by atoms with Crippen molar-refractivity contribution in [2.75, 3.05) is 14.2 Å². The summed E-state index contributed by atoms with van der Waals surface area (Å²) >= 11 is 0. The van der Waals surface area contributed by atoms with Gasteiger partial charge in [-0.05, 0) is 30.7 Å². The Morgan fingerprint density at radius 3 is 2.35 bits per heavy atom. The Bertz CT molecular complexity index is 658. The van der Waals surface area contributed by atoms with Gasteiger partial charge < -0.3 is 9.47 Å². The van der Waals surface area contributed by atoms with Crippen molar-refractivity contribution < 1.29 is 18.7 Å². The molecule has 0 bridgehead atoms. The summed E-state index contributed by atoms with van der Waals surface area (Å²) in [4.78, 5) is 12.1. The maximum absolute atomic E-state index is 13.1. The van der Waals surface area contributed by atoms with E-state index in [0.717, 1.165) is 11.3 Å². The number of esters is 1. The van der Waals surface area contributed by atoms with E-state index in [1.54, 1.807) is 19.2 Å². The average Bonchev–Trinajstić information content (AvgIpc) is 2.59. The predicted molar refractivity (Wildman–Crippen MR) is 85.7 cm³/mol. The molecule has 4 nitrogen and oxygen atoms in total. The summed E-state index contributed by atoms with van der Waals surface area (Å²) in [6, 6.07) is 12.5.